The first-order chi connectivity index (χ1) is 13.4. The van der Waals surface area contributed by atoms with Gasteiger partial charge in [-0.25, -0.2) is 4.79 Å². The van der Waals surface area contributed by atoms with E-state index in [2.05, 4.69) is 20.3 Å². The molecule has 0 saturated carbocycles. The minimum absolute atomic E-state index is 0.190. The van der Waals surface area contributed by atoms with Gasteiger partial charge in [-0.05, 0) is 38.0 Å². The summed E-state index contributed by atoms with van der Waals surface area (Å²) in [5, 5.41) is 10.8. The molecule has 0 unspecified atom stereocenters. The SMILES string of the molecule is COC(=O)/C=C1/S/C(=N\N=Cc2cccc(OC)c2OCCN(C)C)NC1=O. The van der Waals surface area contributed by atoms with Gasteiger partial charge < -0.3 is 19.1 Å². The van der Waals surface area contributed by atoms with Crippen LogP contribution in [0.4, 0.5) is 0 Å². The van der Waals surface area contributed by atoms with Gasteiger partial charge in [0.05, 0.1) is 25.3 Å². The molecule has 1 amide bonds. The number of nitrogens with one attached hydrogen (secondary N) is 1. The minimum Gasteiger partial charge on any atom is -0.493 e. The Morgan fingerprint density at radius 1 is 1.32 bits per heavy atom. The summed E-state index contributed by atoms with van der Waals surface area (Å²) in [7, 11) is 6.72. The Kier molecular flexibility index (Phi) is 8.02. The summed E-state index contributed by atoms with van der Waals surface area (Å²) in [4.78, 5) is 25.3. The monoisotopic (exact) mass is 406 g/mol. The van der Waals surface area contributed by atoms with E-state index in [-0.39, 0.29) is 10.1 Å². The summed E-state index contributed by atoms with van der Waals surface area (Å²) in [5.41, 5.74) is 0.683. The molecule has 0 atom stereocenters. The van der Waals surface area contributed by atoms with Crippen LogP contribution in [0.1, 0.15) is 5.56 Å². The molecule has 1 saturated heterocycles. The number of likely N-dealkylation sites (N-methyl/N-ethyl adjacent to an activating group) is 1. The van der Waals surface area contributed by atoms with Crippen molar-refractivity contribution in [3.05, 3.63) is 34.7 Å². The van der Waals surface area contributed by atoms with Crippen molar-refractivity contribution in [3.8, 4) is 11.5 Å². The molecule has 0 aromatic heterocycles. The maximum atomic E-state index is 11.8. The van der Waals surface area contributed by atoms with Crippen LogP contribution in [0.5, 0.6) is 11.5 Å². The quantitative estimate of drug-likeness (QED) is 0.300. The fraction of sp³-hybridized carbons (Fsp3) is 0.333. The summed E-state index contributed by atoms with van der Waals surface area (Å²) >= 11 is 1.00. The van der Waals surface area contributed by atoms with E-state index >= 15 is 0 Å². The zero-order chi connectivity index (χ0) is 20.5. The number of methoxy groups -OCH3 is 2. The lowest BCUT2D eigenvalue weighted by molar-refractivity contribution is -0.135. The summed E-state index contributed by atoms with van der Waals surface area (Å²) in [6.07, 6.45) is 2.61. The molecule has 0 aliphatic carbocycles. The van der Waals surface area contributed by atoms with Crippen LogP contribution < -0.4 is 14.8 Å². The van der Waals surface area contributed by atoms with Gasteiger partial charge in [0.15, 0.2) is 16.7 Å². The number of thioether (sulfide) groups is 1. The van der Waals surface area contributed by atoms with Crippen LogP contribution in [0.15, 0.2) is 39.4 Å². The number of para-hydroxylation sites is 1. The third-order valence-electron chi connectivity index (χ3n) is 3.46. The van der Waals surface area contributed by atoms with Crippen LogP contribution in [0.25, 0.3) is 0 Å². The van der Waals surface area contributed by atoms with Crippen molar-refractivity contribution in [1.82, 2.24) is 10.2 Å². The van der Waals surface area contributed by atoms with Gasteiger partial charge in [-0.3, -0.25) is 10.1 Å². The van der Waals surface area contributed by atoms with Crippen molar-refractivity contribution >= 4 is 35.0 Å². The molecular formula is C18H22N4O5S. The highest BCUT2D eigenvalue weighted by Crippen LogP contribution is 2.30. The molecule has 1 N–H and O–H groups in total. The average molecular weight is 406 g/mol. The lowest BCUT2D eigenvalue weighted by atomic mass is 10.2. The second-order valence-corrected chi connectivity index (χ2v) is 6.80. The van der Waals surface area contributed by atoms with Crippen molar-refractivity contribution in [3.63, 3.8) is 0 Å². The Morgan fingerprint density at radius 3 is 2.79 bits per heavy atom. The molecule has 0 bridgehead atoms. The Bertz CT molecular complexity index is 820. The largest absolute Gasteiger partial charge is 0.493 e. The molecule has 1 heterocycles. The van der Waals surface area contributed by atoms with E-state index in [4.69, 9.17) is 9.47 Å². The zero-order valence-corrected chi connectivity index (χ0v) is 16.9. The number of esters is 1. The number of amidine groups is 1. The molecule has 0 spiro atoms. The molecule has 1 aromatic carbocycles. The van der Waals surface area contributed by atoms with Gasteiger partial charge in [-0.2, -0.15) is 5.10 Å². The second kappa shape index (κ2) is 10.5. The predicted molar refractivity (Wildman–Crippen MR) is 108 cm³/mol. The number of carbonyl (C=O) groups is 2. The number of amides is 1. The molecule has 10 heteroatoms. The number of rotatable bonds is 8. The number of carbonyl (C=O) groups excluding carboxylic acids is 2. The van der Waals surface area contributed by atoms with E-state index in [1.807, 2.05) is 31.1 Å². The molecule has 28 heavy (non-hydrogen) atoms. The average Bonchev–Trinajstić information content (AvgIpc) is 3.01. The number of hydrogen-bond acceptors (Lipinski definition) is 9. The maximum Gasteiger partial charge on any atom is 0.331 e. The van der Waals surface area contributed by atoms with Crippen LogP contribution in [0.2, 0.25) is 0 Å². The molecule has 1 aliphatic heterocycles. The van der Waals surface area contributed by atoms with E-state index in [0.29, 0.717) is 23.7 Å². The molecule has 1 aromatic rings. The Balaban J connectivity index is 2.13. The van der Waals surface area contributed by atoms with Crippen LogP contribution in [-0.4, -0.2) is 69.6 Å². The third kappa shape index (κ3) is 6.10. The van der Waals surface area contributed by atoms with Crippen molar-refractivity contribution in [2.24, 2.45) is 10.2 Å². The smallest absolute Gasteiger partial charge is 0.331 e. The van der Waals surface area contributed by atoms with Crippen molar-refractivity contribution in [2.45, 2.75) is 0 Å². The molecular weight excluding hydrogens is 384 g/mol. The zero-order valence-electron chi connectivity index (χ0n) is 16.1. The molecule has 0 radical (unpaired) electrons. The van der Waals surface area contributed by atoms with Gasteiger partial charge in [0.25, 0.3) is 5.91 Å². The lowest BCUT2D eigenvalue weighted by Gasteiger charge is -2.15. The van der Waals surface area contributed by atoms with E-state index in [9.17, 15) is 9.59 Å². The second-order valence-electron chi connectivity index (χ2n) is 5.77. The molecule has 1 fully saturated rings. The summed E-state index contributed by atoms with van der Waals surface area (Å²) in [6.45, 7) is 1.23. The van der Waals surface area contributed by atoms with E-state index in [1.54, 1.807) is 13.2 Å². The fourth-order valence-corrected chi connectivity index (χ4v) is 2.80. The van der Waals surface area contributed by atoms with Gasteiger partial charge in [0.1, 0.15) is 6.61 Å². The lowest BCUT2D eigenvalue weighted by Crippen LogP contribution is -2.20. The van der Waals surface area contributed by atoms with Crippen LogP contribution >= 0.6 is 11.8 Å². The Labute approximate surface area is 167 Å². The van der Waals surface area contributed by atoms with Crippen molar-refractivity contribution < 1.29 is 23.8 Å². The van der Waals surface area contributed by atoms with E-state index in [1.165, 1.54) is 13.3 Å². The third-order valence-corrected chi connectivity index (χ3v) is 4.36. The van der Waals surface area contributed by atoms with Crippen molar-refractivity contribution in [1.29, 1.82) is 0 Å². The van der Waals surface area contributed by atoms with E-state index < -0.39 is 11.9 Å². The molecule has 2 rings (SSSR count). The summed E-state index contributed by atoms with van der Waals surface area (Å²) < 4.78 is 15.7. The molecule has 9 nitrogen and oxygen atoms in total. The van der Waals surface area contributed by atoms with Gasteiger partial charge in [0, 0.05) is 18.2 Å². The Morgan fingerprint density at radius 2 is 2.11 bits per heavy atom. The van der Waals surface area contributed by atoms with Gasteiger partial charge >= 0.3 is 5.97 Å². The first-order valence-electron chi connectivity index (χ1n) is 8.29. The normalized spacial score (nSPS) is 16.8. The van der Waals surface area contributed by atoms with Crippen LogP contribution in [-0.2, 0) is 14.3 Å². The number of ether oxygens (including phenoxy) is 3. The minimum atomic E-state index is -0.613. The predicted octanol–water partition coefficient (Wildman–Crippen LogP) is 1.25. The maximum absolute atomic E-state index is 11.8. The standard InChI is InChI=1S/C18H22N4O5S/c1-22(2)8-9-27-16-12(6-5-7-13(16)25-3)11-19-21-18-20-17(24)14(28-18)10-15(23)26-4/h5-7,10-11H,8-9H2,1-4H3,(H,20,21,24)/b14-10+,19-11?. The highest BCUT2D eigenvalue weighted by atomic mass is 32.2. The molecule has 150 valence electrons. The van der Waals surface area contributed by atoms with E-state index in [0.717, 1.165) is 24.4 Å². The van der Waals surface area contributed by atoms with Crippen molar-refractivity contribution in [2.75, 3.05) is 41.5 Å². The first kappa shape index (κ1) is 21.5. The highest BCUT2D eigenvalue weighted by Gasteiger charge is 2.25. The molecule has 1 aliphatic rings. The summed E-state index contributed by atoms with van der Waals surface area (Å²) in [5.74, 6) is 0.101. The Hall–Kier alpha value is -2.85. The van der Waals surface area contributed by atoms with Gasteiger partial charge in [-0.1, -0.05) is 6.07 Å². The first-order valence-corrected chi connectivity index (χ1v) is 9.10. The number of hydrogen-bond donors (Lipinski definition) is 1. The number of nitrogens with zero attached hydrogens (tertiary/aromatic N) is 3. The summed E-state index contributed by atoms with van der Waals surface area (Å²) in [6, 6.07) is 5.43. The van der Waals surface area contributed by atoms with Gasteiger partial charge in [-0.15, -0.1) is 5.10 Å². The van der Waals surface area contributed by atoms with Gasteiger partial charge in [0.2, 0.25) is 0 Å². The van der Waals surface area contributed by atoms with Crippen LogP contribution in [0, 0.1) is 0 Å². The topological polar surface area (TPSA) is 102 Å². The number of benzene rings is 1. The van der Waals surface area contributed by atoms with Crippen LogP contribution in [0.3, 0.4) is 0 Å². The fourth-order valence-electron chi connectivity index (χ4n) is 2.06. The highest BCUT2D eigenvalue weighted by molar-refractivity contribution is 8.18.